The average Bonchev–Trinajstić information content (AvgIpc) is 3.10. The molecular formula is C27H28FNO5. The van der Waals surface area contributed by atoms with Crippen LogP contribution in [0.15, 0.2) is 53.3 Å². The molecule has 7 heteroatoms. The molecule has 0 radical (unpaired) electrons. The van der Waals surface area contributed by atoms with Gasteiger partial charge in [0, 0.05) is 18.2 Å². The third-order valence-electron chi connectivity index (χ3n) is 6.19. The summed E-state index contributed by atoms with van der Waals surface area (Å²) in [5, 5.41) is 3.56. The lowest BCUT2D eigenvalue weighted by Crippen LogP contribution is -2.22. The second-order valence-corrected chi connectivity index (χ2v) is 8.06. The number of benzene rings is 2. The van der Waals surface area contributed by atoms with Crippen molar-refractivity contribution in [2.24, 2.45) is 0 Å². The first kappa shape index (κ1) is 23.6. The molecule has 0 fully saturated rings. The fourth-order valence-electron chi connectivity index (χ4n) is 4.52. The smallest absolute Gasteiger partial charge is 0.220 e. The predicted octanol–water partition coefficient (Wildman–Crippen LogP) is 4.66. The van der Waals surface area contributed by atoms with Crippen molar-refractivity contribution < 1.29 is 23.3 Å². The van der Waals surface area contributed by atoms with Crippen LogP contribution in [-0.4, -0.2) is 28.4 Å². The van der Waals surface area contributed by atoms with Crippen molar-refractivity contribution in [2.75, 3.05) is 28.4 Å². The molecule has 0 aromatic heterocycles. The lowest BCUT2D eigenvalue weighted by molar-refractivity contribution is 0.324. The van der Waals surface area contributed by atoms with E-state index in [1.54, 1.807) is 45.6 Å². The van der Waals surface area contributed by atoms with Crippen molar-refractivity contribution in [1.29, 1.82) is 0 Å². The van der Waals surface area contributed by atoms with E-state index in [9.17, 15) is 9.18 Å². The number of methoxy groups -OCH3 is 4. The Hall–Kier alpha value is -3.58. The van der Waals surface area contributed by atoms with Crippen LogP contribution in [0.5, 0.6) is 23.0 Å². The van der Waals surface area contributed by atoms with Crippen LogP contribution >= 0.6 is 0 Å². The Morgan fingerprint density at radius 1 is 0.882 bits per heavy atom. The zero-order chi connectivity index (χ0) is 24.2. The number of fused-ring (bicyclic) bond motifs is 3. The molecule has 1 aliphatic rings. The molecule has 0 spiro atoms. The zero-order valence-electron chi connectivity index (χ0n) is 19.7. The van der Waals surface area contributed by atoms with Gasteiger partial charge in [-0.3, -0.25) is 4.79 Å². The Bertz CT molecular complexity index is 1240. The molecule has 3 aromatic carbocycles. The summed E-state index contributed by atoms with van der Waals surface area (Å²) in [4.78, 5) is 12.9. The number of halogens is 1. The third kappa shape index (κ3) is 4.43. The number of rotatable bonds is 7. The maximum absolute atomic E-state index is 13.3. The predicted molar refractivity (Wildman–Crippen MR) is 129 cm³/mol. The van der Waals surface area contributed by atoms with Gasteiger partial charge in [-0.25, -0.2) is 4.39 Å². The molecule has 0 bridgehead atoms. The highest BCUT2D eigenvalue weighted by Gasteiger charge is 2.29. The van der Waals surface area contributed by atoms with Gasteiger partial charge >= 0.3 is 0 Å². The molecular weight excluding hydrogens is 437 g/mol. The van der Waals surface area contributed by atoms with Crippen molar-refractivity contribution in [3.63, 3.8) is 0 Å². The second-order valence-electron chi connectivity index (χ2n) is 8.06. The van der Waals surface area contributed by atoms with Gasteiger partial charge in [0.25, 0.3) is 0 Å². The van der Waals surface area contributed by atoms with Crippen molar-refractivity contribution in [3.05, 3.63) is 81.3 Å². The minimum absolute atomic E-state index is 0.140. The van der Waals surface area contributed by atoms with Crippen LogP contribution in [0.1, 0.15) is 29.2 Å². The molecule has 0 amide bonds. The summed E-state index contributed by atoms with van der Waals surface area (Å²) >= 11 is 0. The summed E-state index contributed by atoms with van der Waals surface area (Å²) in [6.45, 7) is 0.522. The number of hydrogen-bond donors (Lipinski definition) is 1. The van der Waals surface area contributed by atoms with E-state index < -0.39 is 0 Å². The van der Waals surface area contributed by atoms with Crippen LogP contribution in [0, 0.1) is 5.82 Å². The van der Waals surface area contributed by atoms with E-state index in [0.717, 1.165) is 40.7 Å². The highest BCUT2D eigenvalue weighted by Crippen LogP contribution is 2.50. The van der Waals surface area contributed by atoms with Crippen LogP contribution in [-0.2, 0) is 13.0 Å². The Morgan fingerprint density at radius 2 is 1.59 bits per heavy atom. The van der Waals surface area contributed by atoms with E-state index in [-0.39, 0.29) is 23.0 Å². The van der Waals surface area contributed by atoms with Crippen molar-refractivity contribution in [1.82, 2.24) is 5.32 Å². The molecule has 6 nitrogen and oxygen atoms in total. The fourth-order valence-corrected chi connectivity index (χ4v) is 4.52. The molecule has 1 aliphatic carbocycles. The Labute approximate surface area is 198 Å². The highest BCUT2D eigenvalue weighted by atomic mass is 19.1. The Balaban J connectivity index is 1.89. The zero-order valence-corrected chi connectivity index (χ0v) is 19.7. The standard InChI is InChI=1S/C27H28FNO5/c1-31-23-12-10-19-20(14-22(23)30)21(29-15-16-5-8-18(28)9-6-16)11-7-17-13-24(32-2)26(33-3)27(34-4)25(17)19/h5-6,8-10,12-14,21,29H,7,11,15H2,1-4H3/t21-/m0/s1. The molecule has 0 aliphatic heterocycles. The fraction of sp³-hybridized carbons (Fsp3) is 0.296. The van der Waals surface area contributed by atoms with Gasteiger partial charge in [0.1, 0.15) is 5.82 Å². The molecule has 178 valence electrons. The maximum Gasteiger partial charge on any atom is 0.220 e. The first-order chi connectivity index (χ1) is 16.5. The van der Waals surface area contributed by atoms with E-state index in [0.29, 0.717) is 23.8 Å². The number of aryl methyl sites for hydroxylation is 1. The van der Waals surface area contributed by atoms with E-state index in [1.807, 2.05) is 12.1 Å². The van der Waals surface area contributed by atoms with Gasteiger partial charge in [-0.05, 0) is 65.4 Å². The quantitative estimate of drug-likeness (QED) is 0.547. The second kappa shape index (κ2) is 10.1. The van der Waals surface area contributed by atoms with Gasteiger partial charge in [-0.15, -0.1) is 0 Å². The van der Waals surface area contributed by atoms with E-state index in [4.69, 9.17) is 18.9 Å². The molecule has 3 aromatic rings. The Morgan fingerprint density at radius 3 is 2.24 bits per heavy atom. The number of ether oxygens (including phenoxy) is 4. The third-order valence-corrected chi connectivity index (χ3v) is 6.19. The first-order valence-electron chi connectivity index (χ1n) is 11.0. The molecule has 0 saturated heterocycles. The van der Waals surface area contributed by atoms with Gasteiger partial charge in [-0.2, -0.15) is 0 Å². The van der Waals surface area contributed by atoms with Crippen LogP contribution < -0.4 is 29.7 Å². The minimum atomic E-state index is -0.274. The molecule has 1 atom stereocenters. The highest BCUT2D eigenvalue weighted by molar-refractivity contribution is 5.82. The molecule has 0 heterocycles. The molecule has 1 N–H and O–H groups in total. The summed E-state index contributed by atoms with van der Waals surface area (Å²) in [5.74, 6) is 1.61. The topological polar surface area (TPSA) is 66.0 Å². The Kier molecular flexibility index (Phi) is 7.03. The minimum Gasteiger partial charge on any atom is -0.493 e. The maximum atomic E-state index is 13.3. The normalized spacial score (nSPS) is 14.4. The summed E-state index contributed by atoms with van der Waals surface area (Å²) in [5.41, 5.74) is 4.31. The molecule has 34 heavy (non-hydrogen) atoms. The number of nitrogens with one attached hydrogen (secondary N) is 1. The van der Waals surface area contributed by atoms with Gasteiger partial charge in [0.15, 0.2) is 17.2 Å². The van der Waals surface area contributed by atoms with Gasteiger partial charge < -0.3 is 24.3 Å². The van der Waals surface area contributed by atoms with E-state index >= 15 is 0 Å². The molecule has 0 saturated carbocycles. The van der Waals surface area contributed by atoms with Gasteiger partial charge in [0.2, 0.25) is 11.2 Å². The van der Waals surface area contributed by atoms with Crippen molar-refractivity contribution >= 4 is 0 Å². The van der Waals surface area contributed by atoms with Gasteiger partial charge in [-0.1, -0.05) is 18.2 Å². The van der Waals surface area contributed by atoms with Gasteiger partial charge in [0.05, 0.1) is 28.4 Å². The van der Waals surface area contributed by atoms with Crippen LogP contribution in [0.25, 0.3) is 11.1 Å². The first-order valence-corrected chi connectivity index (χ1v) is 11.0. The SMILES string of the molecule is COc1cc2c(c(OC)c1OC)-c1ccc(OC)c(=O)cc1[C@@H](NCc1ccc(F)cc1)CC2. The van der Waals surface area contributed by atoms with Crippen LogP contribution in [0.3, 0.4) is 0 Å². The summed E-state index contributed by atoms with van der Waals surface area (Å²) in [7, 11) is 6.24. The summed E-state index contributed by atoms with van der Waals surface area (Å²) in [6, 6.07) is 13.4. The largest absolute Gasteiger partial charge is 0.493 e. The van der Waals surface area contributed by atoms with Crippen LogP contribution in [0.2, 0.25) is 0 Å². The lowest BCUT2D eigenvalue weighted by Gasteiger charge is -2.20. The number of hydrogen-bond acceptors (Lipinski definition) is 6. The van der Waals surface area contributed by atoms with Crippen molar-refractivity contribution in [3.8, 4) is 34.1 Å². The summed E-state index contributed by atoms with van der Waals surface area (Å²) < 4.78 is 35.7. The van der Waals surface area contributed by atoms with E-state index in [1.165, 1.54) is 19.2 Å². The monoisotopic (exact) mass is 465 g/mol. The average molecular weight is 466 g/mol. The van der Waals surface area contributed by atoms with E-state index in [2.05, 4.69) is 5.32 Å². The molecule has 4 rings (SSSR count). The summed E-state index contributed by atoms with van der Waals surface area (Å²) in [6.07, 6.45) is 1.45. The van der Waals surface area contributed by atoms with Crippen LogP contribution in [0.4, 0.5) is 4.39 Å². The lowest BCUT2D eigenvalue weighted by atomic mass is 9.95. The molecule has 0 unspecified atom stereocenters. The van der Waals surface area contributed by atoms with Crippen molar-refractivity contribution in [2.45, 2.75) is 25.4 Å².